The monoisotopic (exact) mass is 260 g/mol. The van der Waals surface area contributed by atoms with Crippen molar-refractivity contribution in [3.05, 3.63) is 18.2 Å². The third-order valence-corrected chi connectivity index (χ3v) is 5.40. The van der Waals surface area contributed by atoms with Crippen molar-refractivity contribution >= 4 is 23.4 Å². The van der Waals surface area contributed by atoms with Crippen LogP contribution in [0, 0.1) is 0 Å². The molecule has 0 fully saturated rings. The zero-order valence-corrected chi connectivity index (χ0v) is 11.6. The highest BCUT2D eigenvalue weighted by Crippen LogP contribution is 2.18. The van der Waals surface area contributed by atoms with Gasteiger partial charge < -0.3 is 4.74 Å². The SMILES string of the molecule is COc1ccc(S(=O)(=O)O)c([Si](C)(C)C)c1. The first-order valence-corrected chi connectivity index (χ1v) is 9.76. The minimum absolute atomic E-state index is 0.00698. The van der Waals surface area contributed by atoms with Gasteiger partial charge in [0.1, 0.15) is 5.75 Å². The lowest BCUT2D eigenvalue weighted by Crippen LogP contribution is -2.40. The Kier molecular flexibility index (Phi) is 3.46. The Morgan fingerprint density at radius 1 is 1.25 bits per heavy atom. The molecule has 0 spiro atoms. The lowest BCUT2D eigenvalue weighted by molar-refractivity contribution is 0.414. The number of benzene rings is 1. The Morgan fingerprint density at radius 2 is 1.81 bits per heavy atom. The molecule has 0 aromatic heterocycles. The lowest BCUT2D eigenvalue weighted by atomic mass is 10.3. The van der Waals surface area contributed by atoms with E-state index in [0.29, 0.717) is 10.9 Å². The molecule has 1 rings (SSSR count). The Balaban J connectivity index is 3.52. The Bertz CT molecular complexity index is 488. The second-order valence-corrected chi connectivity index (χ2v) is 11.0. The van der Waals surface area contributed by atoms with Crippen LogP contribution in [0.25, 0.3) is 0 Å². The van der Waals surface area contributed by atoms with E-state index in [-0.39, 0.29) is 4.90 Å². The molecule has 90 valence electrons. The molecule has 0 saturated carbocycles. The summed E-state index contributed by atoms with van der Waals surface area (Å²) in [6.45, 7) is 6.03. The van der Waals surface area contributed by atoms with Gasteiger partial charge in [0.2, 0.25) is 0 Å². The van der Waals surface area contributed by atoms with E-state index in [9.17, 15) is 8.42 Å². The molecule has 0 bridgehead atoms. The van der Waals surface area contributed by atoms with Crippen LogP contribution in [0.2, 0.25) is 19.6 Å². The lowest BCUT2D eigenvalue weighted by Gasteiger charge is -2.20. The van der Waals surface area contributed by atoms with Crippen LogP contribution in [-0.4, -0.2) is 28.2 Å². The molecule has 6 heteroatoms. The second-order valence-electron chi connectivity index (χ2n) is 4.59. The maximum absolute atomic E-state index is 11.2. The smallest absolute Gasteiger partial charge is 0.294 e. The highest BCUT2D eigenvalue weighted by molar-refractivity contribution is 7.86. The molecule has 0 unspecified atom stereocenters. The summed E-state index contributed by atoms with van der Waals surface area (Å²) in [5.74, 6) is 0.602. The zero-order chi connectivity index (χ0) is 12.6. The van der Waals surface area contributed by atoms with Gasteiger partial charge in [0, 0.05) is 0 Å². The van der Waals surface area contributed by atoms with E-state index in [1.165, 1.54) is 19.2 Å². The molecular weight excluding hydrogens is 244 g/mol. The number of methoxy groups -OCH3 is 1. The van der Waals surface area contributed by atoms with E-state index in [4.69, 9.17) is 9.29 Å². The first-order chi connectivity index (χ1) is 7.16. The molecule has 0 atom stereocenters. The van der Waals surface area contributed by atoms with Gasteiger partial charge in [0.25, 0.3) is 10.1 Å². The van der Waals surface area contributed by atoms with E-state index < -0.39 is 18.2 Å². The molecule has 1 N–H and O–H groups in total. The summed E-state index contributed by atoms with van der Waals surface area (Å²) in [4.78, 5) is -0.00698. The number of ether oxygens (including phenoxy) is 1. The summed E-state index contributed by atoms with van der Waals surface area (Å²) in [6, 6.07) is 4.61. The molecule has 1 aromatic rings. The summed E-state index contributed by atoms with van der Waals surface area (Å²) >= 11 is 0. The molecule has 1 aromatic carbocycles. The third kappa shape index (κ3) is 2.84. The number of hydrogen-bond donors (Lipinski definition) is 1. The number of hydrogen-bond acceptors (Lipinski definition) is 3. The van der Waals surface area contributed by atoms with Gasteiger partial charge in [-0.1, -0.05) is 19.6 Å². The minimum atomic E-state index is -4.16. The molecule has 16 heavy (non-hydrogen) atoms. The molecule has 0 amide bonds. The van der Waals surface area contributed by atoms with Gasteiger partial charge in [0.05, 0.1) is 20.1 Å². The van der Waals surface area contributed by atoms with Crippen LogP contribution in [0.15, 0.2) is 23.1 Å². The molecule has 0 saturated heterocycles. The molecular formula is C10H16O4SSi. The van der Waals surface area contributed by atoms with Crippen molar-refractivity contribution < 1.29 is 17.7 Å². The maximum Gasteiger partial charge on any atom is 0.294 e. The van der Waals surface area contributed by atoms with Crippen LogP contribution in [0.3, 0.4) is 0 Å². The quantitative estimate of drug-likeness (QED) is 0.660. The van der Waals surface area contributed by atoms with Crippen molar-refractivity contribution in [3.8, 4) is 5.75 Å². The van der Waals surface area contributed by atoms with Crippen LogP contribution in [0.4, 0.5) is 0 Å². The van der Waals surface area contributed by atoms with Crippen LogP contribution in [-0.2, 0) is 10.1 Å². The van der Waals surface area contributed by atoms with Gasteiger partial charge in [0.15, 0.2) is 0 Å². The van der Waals surface area contributed by atoms with E-state index in [0.717, 1.165) is 0 Å². The van der Waals surface area contributed by atoms with Gasteiger partial charge >= 0.3 is 0 Å². The third-order valence-electron chi connectivity index (χ3n) is 2.27. The van der Waals surface area contributed by atoms with Gasteiger partial charge in [-0.2, -0.15) is 8.42 Å². The van der Waals surface area contributed by atoms with Gasteiger partial charge in [-0.15, -0.1) is 0 Å². The molecule has 0 aliphatic rings. The first kappa shape index (κ1) is 13.2. The standard InChI is InChI=1S/C10H16O4SSi/c1-14-8-5-6-9(15(11,12)13)10(7-8)16(2,3)4/h5-7H,1-4H3,(H,11,12,13). The Morgan fingerprint density at radius 3 is 2.19 bits per heavy atom. The summed E-state index contributed by atoms with van der Waals surface area (Å²) < 4.78 is 36.7. The molecule has 0 aliphatic carbocycles. The van der Waals surface area contributed by atoms with Crippen molar-refractivity contribution in [1.82, 2.24) is 0 Å². The summed E-state index contributed by atoms with van der Waals surface area (Å²) in [5.41, 5.74) is 0. The van der Waals surface area contributed by atoms with Crippen LogP contribution >= 0.6 is 0 Å². The van der Waals surface area contributed by atoms with Gasteiger partial charge in [-0.05, 0) is 23.4 Å². The fourth-order valence-corrected chi connectivity index (χ4v) is 4.73. The summed E-state index contributed by atoms with van der Waals surface area (Å²) in [6.07, 6.45) is 0. The summed E-state index contributed by atoms with van der Waals surface area (Å²) in [7, 11) is -4.49. The van der Waals surface area contributed by atoms with Gasteiger partial charge in [-0.3, -0.25) is 4.55 Å². The van der Waals surface area contributed by atoms with E-state index in [1.54, 1.807) is 6.07 Å². The molecule has 4 nitrogen and oxygen atoms in total. The normalized spacial score (nSPS) is 12.6. The van der Waals surface area contributed by atoms with E-state index in [1.807, 2.05) is 19.6 Å². The fraction of sp³-hybridized carbons (Fsp3) is 0.400. The van der Waals surface area contributed by atoms with Crippen LogP contribution < -0.4 is 9.92 Å². The Hall–Kier alpha value is -0.853. The van der Waals surface area contributed by atoms with E-state index >= 15 is 0 Å². The average Bonchev–Trinajstić information content (AvgIpc) is 2.14. The second kappa shape index (κ2) is 4.19. The van der Waals surface area contributed by atoms with Gasteiger partial charge in [-0.25, -0.2) is 0 Å². The predicted molar refractivity (Wildman–Crippen MR) is 65.8 cm³/mol. The minimum Gasteiger partial charge on any atom is -0.497 e. The van der Waals surface area contributed by atoms with Crippen LogP contribution in [0.5, 0.6) is 5.75 Å². The fourth-order valence-electron chi connectivity index (χ4n) is 1.45. The zero-order valence-electron chi connectivity index (χ0n) is 9.81. The molecule has 0 heterocycles. The summed E-state index contributed by atoms with van der Waals surface area (Å²) in [5, 5.41) is 0.675. The number of rotatable bonds is 3. The molecule has 0 radical (unpaired) electrons. The van der Waals surface area contributed by atoms with Crippen molar-refractivity contribution in [2.24, 2.45) is 0 Å². The highest BCUT2D eigenvalue weighted by Gasteiger charge is 2.26. The van der Waals surface area contributed by atoms with Crippen molar-refractivity contribution in [2.45, 2.75) is 24.5 Å². The van der Waals surface area contributed by atoms with Crippen LogP contribution in [0.1, 0.15) is 0 Å². The Labute approximate surface area is 97.0 Å². The average molecular weight is 260 g/mol. The topological polar surface area (TPSA) is 63.6 Å². The van der Waals surface area contributed by atoms with Crippen molar-refractivity contribution in [3.63, 3.8) is 0 Å². The maximum atomic E-state index is 11.2. The molecule has 0 aliphatic heterocycles. The predicted octanol–water partition coefficient (Wildman–Crippen LogP) is 1.49. The van der Waals surface area contributed by atoms with E-state index in [2.05, 4.69) is 0 Å². The largest absolute Gasteiger partial charge is 0.497 e. The van der Waals surface area contributed by atoms with Crippen molar-refractivity contribution in [2.75, 3.05) is 7.11 Å². The van der Waals surface area contributed by atoms with Crippen molar-refractivity contribution in [1.29, 1.82) is 0 Å². The first-order valence-electron chi connectivity index (χ1n) is 4.82. The highest BCUT2D eigenvalue weighted by atomic mass is 32.2.